The number of carbonyl (C=O) groups is 2. The SMILES string of the molecule is O=C(OCC(=O)N(C1CCCCC1)[C@H]1CCS(=O)(=O)C1)c1ncc(Cl)c(Cl)c1Cl. The fourth-order valence-corrected chi connectivity index (χ4v) is 6.18. The second kappa shape index (κ2) is 9.37. The van der Waals surface area contributed by atoms with Gasteiger partial charge in [-0.25, -0.2) is 18.2 Å². The Balaban J connectivity index is 1.71. The Kier molecular flexibility index (Phi) is 7.30. The lowest BCUT2D eigenvalue weighted by Crippen LogP contribution is -2.50. The van der Waals surface area contributed by atoms with Crippen LogP contribution in [0.5, 0.6) is 0 Å². The summed E-state index contributed by atoms with van der Waals surface area (Å²) in [6.45, 7) is -0.524. The number of hydrogen-bond acceptors (Lipinski definition) is 6. The summed E-state index contributed by atoms with van der Waals surface area (Å²) in [6.07, 6.45) is 6.27. The van der Waals surface area contributed by atoms with E-state index < -0.39 is 28.3 Å². The van der Waals surface area contributed by atoms with Crippen LogP contribution in [0.3, 0.4) is 0 Å². The van der Waals surface area contributed by atoms with E-state index >= 15 is 0 Å². The molecule has 1 aliphatic carbocycles. The molecule has 7 nitrogen and oxygen atoms in total. The Morgan fingerprint density at radius 1 is 1.07 bits per heavy atom. The third-order valence-corrected chi connectivity index (χ3v) is 8.29. The number of esters is 1. The summed E-state index contributed by atoms with van der Waals surface area (Å²) < 4.78 is 29.0. The third kappa shape index (κ3) is 5.34. The highest BCUT2D eigenvalue weighted by Crippen LogP contribution is 2.32. The van der Waals surface area contributed by atoms with Gasteiger partial charge in [-0.2, -0.15) is 0 Å². The van der Waals surface area contributed by atoms with Gasteiger partial charge in [0, 0.05) is 18.3 Å². The lowest BCUT2D eigenvalue weighted by molar-refractivity contribution is -0.140. The van der Waals surface area contributed by atoms with Crippen molar-refractivity contribution >= 4 is 56.5 Å². The van der Waals surface area contributed by atoms with E-state index in [4.69, 9.17) is 39.5 Å². The smallest absolute Gasteiger partial charge is 0.359 e. The van der Waals surface area contributed by atoms with E-state index in [-0.39, 0.29) is 44.4 Å². The maximum Gasteiger partial charge on any atom is 0.359 e. The Morgan fingerprint density at radius 3 is 2.38 bits per heavy atom. The zero-order valence-corrected chi connectivity index (χ0v) is 18.7. The standard InChI is InChI=1S/C18H21Cl3N2O5S/c19-13-8-22-17(16(21)15(13)20)18(25)28-9-14(24)23(11-4-2-1-3-5-11)12-6-7-29(26,27)10-12/h8,11-12H,1-7,9-10H2/t12-/m0/s1. The summed E-state index contributed by atoms with van der Waals surface area (Å²) in [5.74, 6) is -1.30. The largest absolute Gasteiger partial charge is 0.451 e. The van der Waals surface area contributed by atoms with Crippen molar-refractivity contribution in [3.63, 3.8) is 0 Å². The fourth-order valence-electron chi connectivity index (χ4n) is 3.92. The molecule has 160 valence electrons. The second-order valence-electron chi connectivity index (χ2n) is 7.31. The summed E-state index contributed by atoms with van der Waals surface area (Å²) in [4.78, 5) is 30.7. The van der Waals surface area contributed by atoms with Crippen molar-refractivity contribution in [2.45, 2.75) is 50.6 Å². The molecule has 3 rings (SSSR count). The van der Waals surface area contributed by atoms with Crippen molar-refractivity contribution < 1.29 is 22.7 Å². The monoisotopic (exact) mass is 482 g/mol. The molecule has 1 saturated heterocycles. The summed E-state index contributed by atoms with van der Waals surface area (Å²) in [5, 5.41) is -0.0838. The minimum atomic E-state index is -3.16. The number of pyridine rings is 1. The topological polar surface area (TPSA) is 93.6 Å². The van der Waals surface area contributed by atoms with E-state index in [9.17, 15) is 18.0 Å². The number of sulfone groups is 1. The molecule has 1 aliphatic heterocycles. The highest BCUT2D eigenvalue weighted by Gasteiger charge is 2.38. The third-order valence-electron chi connectivity index (χ3n) is 5.30. The number of halogens is 3. The average Bonchev–Trinajstić information content (AvgIpc) is 3.04. The van der Waals surface area contributed by atoms with E-state index in [1.807, 2.05) is 0 Å². The summed E-state index contributed by atoms with van der Waals surface area (Å²) >= 11 is 17.7. The minimum absolute atomic E-state index is 0.0263. The van der Waals surface area contributed by atoms with Crippen LogP contribution >= 0.6 is 34.8 Å². The number of nitrogens with zero attached hydrogens (tertiary/aromatic N) is 2. The summed E-state index contributed by atoms with van der Waals surface area (Å²) in [6, 6.07) is -0.430. The molecule has 1 aromatic rings. The first kappa shape index (κ1) is 22.6. The van der Waals surface area contributed by atoms with Crippen molar-refractivity contribution in [3.8, 4) is 0 Å². The lowest BCUT2D eigenvalue weighted by atomic mass is 9.93. The van der Waals surface area contributed by atoms with Gasteiger partial charge in [-0.15, -0.1) is 0 Å². The maximum absolute atomic E-state index is 12.9. The van der Waals surface area contributed by atoms with Gasteiger partial charge in [0.2, 0.25) is 0 Å². The van der Waals surface area contributed by atoms with E-state index in [0.717, 1.165) is 32.1 Å². The number of ether oxygens (including phenoxy) is 1. The number of aromatic nitrogens is 1. The van der Waals surface area contributed by atoms with Crippen LogP contribution < -0.4 is 0 Å². The Labute approximate surface area is 184 Å². The van der Waals surface area contributed by atoms with Crippen LogP contribution in [0.2, 0.25) is 15.1 Å². The van der Waals surface area contributed by atoms with Crippen LogP contribution in [0.1, 0.15) is 49.0 Å². The molecule has 0 radical (unpaired) electrons. The zero-order valence-electron chi connectivity index (χ0n) is 15.6. The van der Waals surface area contributed by atoms with E-state index in [1.165, 1.54) is 6.20 Å². The average molecular weight is 484 g/mol. The van der Waals surface area contributed by atoms with E-state index in [1.54, 1.807) is 4.90 Å². The predicted octanol–water partition coefficient (Wildman–Crippen LogP) is 3.55. The zero-order chi connectivity index (χ0) is 21.2. The van der Waals surface area contributed by atoms with Gasteiger partial charge < -0.3 is 9.64 Å². The number of carbonyl (C=O) groups excluding carboxylic acids is 2. The molecule has 0 spiro atoms. The van der Waals surface area contributed by atoms with Crippen molar-refractivity contribution in [1.82, 2.24) is 9.88 Å². The summed E-state index contributed by atoms with van der Waals surface area (Å²) in [7, 11) is -3.16. The number of amides is 1. The van der Waals surface area contributed by atoms with Crippen LogP contribution in [-0.2, 0) is 19.4 Å². The molecule has 11 heteroatoms. The molecule has 1 atom stereocenters. The van der Waals surface area contributed by atoms with Crippen LogP contribution in [0, 0.1) is 0 Å². The van der Waals surface area contributed by atoms with Gasteiger partial charge in [0.15, 0.2) is 22.1 Å². The first-order valence-electron chi connectivity index (χ1n) is 9.38. The van der Waals surface area contributed by atoms with Crippen molar-refractivity contribution in [2.24, 2.45) is 0 Å². The van der Waals surface area contributed by atoms with Gasteiger partial charge in [-0.05, 0) is 19.3 Å². The first-order chi connectivity index (χ1) is 13.7. The lowest BCUT2D eigenvalue weighted by Gasteiger charge is -2.38. The Hall–Kier alpha value is -1.09. The van der Waals surface area contributed by atoms with Gasteiger partial charge in [0.05, 0.1) is 26.6 Å². The van der Waals surface area contributed by atoms with Crippen LogP contribution in [-0.4, -0.2) is 60.4 Å². The molecular weight excluding hydrogens is 463 g/mol. The van der Waals surface area contributed by atoms with Gasteiger partial charge >= 0.3 is 5.97 Å². The molecule has 2 fully saturated rings. The van der Waals surface area contributed by atoms with Gasteiger partial charge in [0.25, 0.3) is 5.91 Å². The molecule has 1 aromatic heterocycles. The summed E-state index contributed by atoms with van der Waals surface area (Å²) in [5.41, 5.74) is -0.235. The van der Waals surface area contributed by atoms with Crippen LogP contribution in [0.4, 0.5) is 0 Å². The normalized spacial score (nSPS) is 21.7. The molecule has 0 bridgehead atoms. The van der Waals surface area contributed by atoms with Crippen molar-refractivity contribution in [1.29, 1.82) is 0 Å². The maximum atomic E-state index is 12.9. The molecule has 2 aliphatic rings. The number of hydrogen-bond donors (Lipinski definition) is 0. The van der Waals surface area contributed by atoms with Gasteiger partial charge in [0.1, 0.15) is 0 Å². The molecule has 2 heterocycles. The first-order valence-corrected chi connectivity index (χ1v) is 12.3. The minimum Gasteiger partial charge on any atom is -0.451 e. The fraction of sp³-hybridized carbons (Fsp3) is 0.611. The van der Waals surface area contributed by atoms with Crippen LogP contribution in [0.25, 0.3) is 0 Å². The van der Waals surface area contributed by atoms with E-state index in [2.05, 4.69) is 4.98 Å². The van der Waals surface area contributed by atoms with Gasteiger partial charge in [-0.3, -0.25) is 4.79 Å². The Bertz CT molecular complexity index is 903. The predicted molar refractivity (Wildman–Crippen MR) is 110 cm³/mol. The highest BCUT2D eigenvalue weighted by molar-refractivity contribution is 7.91. The molecule has 0 N–H and O–H groups in total. The molecule has 29 heavy (non-hydrogen) atoms. The second-order valence-corrected chi connectivity index (χ2v) is 10.7. The molecule has 0 aromatic carbocycles. The molecular formula is C18H21Cl3N2O5S. The van der Waals surface area contributed by atoms with Gasteiger partial charge in [-0.1, -0.05) is 54.1 Å². The molecule has 1 amide bonds. The highest BCUT2D eigenvalue weighted by atomic mass is 35.5. The van der Waals surface area contributed by atoms with Crippen LogP contribution in [0.15, 0.2) is 6.20 Å². The quantitative estimate of drug-likeness (QED) is 0.595. The number of rotatable bonds is 5. The van der Waals surface area contributed by atoms with Crippen molar-refractivity contribution in [3.05, 3.63) is 27.0 Å². The molecule has 1 saturated carbocycles. The Morgan fingerprint density at radius 2 is 1.76 bits per heavy atom. The van der Waals surface area contributed by atoms with Crippen molar-refractivity contribution in [2.75, 3.05) is 18.1 Å². The molecule has 0 unspecified atom stereocenters. The van der Waals surface area contributed by atoms with E-state index in [0.29, 0.717) is 6.42 Å².